The molecule has 9 nitrogen and oxygen atoms in total. The highest BCUT2D eigenvalue weighted by atomic mass is 127. The summed E-state index contributed by atoms with van der Waals surface area (Å²) in [6.45, 7) is 15.1. The number of hydrogen-bond donors (Lipinski definition) is 1. The number of hydrogen-bond acceptors (Lipinski definition) is 6. The second kappa shape index (κ2) is 11.7. The smallest absolute Gasteiger partial charge is 0.209 e. The van der Waals surface area contributed by atoms with Crippen molar-refractivity contribution in [1.82, 2.24) is 29.5 Å². The minimum atomic E-state index is 0.0417. The van der Waals surface area contributed by atoms with Crippen LogP contribution in [0.4, 0.5) is 5.82 Å². The molecule has 43 heavy (non-hydrogen) atoms. The number of amides is 1. The summed E-state index contributed by atoms with van der Waals surface area (Å²) in [5, 5.41) is 15.7. The molecule has 1 atom stereocenters. The lowest BCUT2D eigenvalue weighted by Crippen LogP contribution is -2.65. The number of piperazine rings is 1. The molecule has 4 heterocycles. The minimum Gasteiger partial charge on any atom is -0.379 e. The number of aryl methyl sites for hydroxylation is 1. The highest BCUT2D eigenvalue weighted by molar-refractivity contribution is 14.2. The summed E-state index contributed by atoms with van der Waals surface area (Å²) in [4.78, 5) is 15.7. The molecule has 2 saturated carbocycles. The predicted molar refractivity (Wildman–Crippen MR) is 185 cm³/mol. The summed E-state index contributed by atoms with van der Waals surface area (Å²) < 4.78 is 9.31. The Morgan fingerprint density at radius 3 is 2.49 bits per heavy atom. The first-order chi connectivity index (χ1) is 20.4. The molecule has 2 aromatic heterocycles. The first-order valence-corrected chi connectivity index (χ1v) is 19.7. The number of halogens is 2. The number of carbonyl (C=O) groups excluding carboxylic acids is 1. The van der Waals surface area contributed by atoms with E-state index in [0.29, 0.717) is 12.4 Å². The summed E-state index contributed by atoms with van der Waals surface area (Å²) in [5.74, 6) is 1.08. The topological polar surface area (TPSA) is 80.5 Å². The average Bonchev–Trinajstić information content (AvgIpc) is 3.47. The van der Waals surface area contributed by atoms with Crippen LogP contribution in [0, 0.1) is 19.3 Å². The number of rotatable bonds is 5. The largest absolute Gasteiger partial charge is 0.379 e. The van der Waals surface area contributed by atoms with Gasteiger partial charge in [0, 0.05) is 67.5 Å². The molecule has 2 aliphatic carbocycles. The summed E-state index contributed by atoms with van der Waals surface area (Å²) in [6.07, 6.45) is 9.32. The van der Waals surface area contributed by atoms with Crippen LogP contribution in [0.3, 0.4) is 0 Å². The van der Waals surface area contributed by atoms with Gasteiger partial charge in [0.25, 0.3) is 0 Å². The molecule has 2 saturated heterocycles. The van der Waals surface area contributed by atoms with Crippen molar-refractivity contribution in [2.45, 2.75) is 83.9 Å². The van der Waals surface area contributed by atoms with Crippen molar-refractivity contribution in [1.29, 1.82) is 0 Å². The molecular weight excluding hydrogens is 696 g/mol. The highest BCUT2D eigenvalue weighted by Crippen LogP contribution is 2.56. The molecule has 3 aromatic rings. The van der Waals surface area contributed by atoms with E-state index in [2.05, 4.69) is 61.3 Å². The summed E-state index contributed by atoms with van der Waals surface area (Å²) >= 11 is 9.55. The van der Waals surface area contributed by atoms with Gasteiger partial charge in [-0.3, -0.25) is 9.48 Å². The monoisotopic (exact) mass is 739 g/mol. The third-order valence-corrected chi connectivity index (χ3v) is 12.4. The summed E-state index contributed by atoms with van der Waals surface area (Å²) in [6, 6.07) is 2.53. The Morgan fingerprint density at radius 2 is 1.91 bits per heavy atom. The molecule has 4 fully saturated rings. The van der Waals surface area contributed by atoms with E-state index in [1.165, 1.54) is 30.5 Å². The van der Waals surface area contributed by atoms with Crippen molar-refractivity contribution in [3.63, 3.8) is 0 Å². The van der Waals surface area contributed by atoms with Gasteiger partial charge in [-0.2, -0.15) is 10.2 Å². The molecule has 0 radical (unpaired) electrons. The third-order valence-electron chi connectivity index (χ3n) is 10.1. The maximum Gasteiger partial charge on any atom is 0.209 e. The minimum absolute atomic E-state index is 0.0417. The van der Waals surface area contributed by atoms with Crippen LogP contribution < -0.4 is 10.2 Å². The number of likely N-dealkylation sites (tertiary alicyclic amines) is 1. The van der Waals surface area contributed by atoms with E-state index < -0.39 is 0 Å². The molecule has 1 amide bonds. The number of nitrogens with zero attached hydrogens (tertiary/aromatic N) is 6. The highest BCUT2D eigenvalue weighted by Gasteiger charge is 2.54. The van der Waals surface area contributed by atoms with Gasteiger partial charge in [0.1, 0.15) is 0 Å². The van der Waals surface area contributed by atoms with E-state index in [1.807, 2.05) is 31.9 Å². The van der Waals surface area contributed by atoms with E-state index in [0.717, 1.165) is 84.8 Å². The second-order valence-corrected chi connectivity index (χ2v) is 16.4. The van der Waals surface area contributed by atoms with Gasteiger partial charge in [0.05, 0.1) is 40.3 Å². The number of methoxy groups -OCH3 is 1. The van der Waals surface area contributed by atoms with Crippen molar-refractivity contribution in [2.24, 2.45) is 5.41 Å². The van der Waals surface area contributed by atoms with Crippen LogP contribution in [-0.4, -0.2) is 81.6 Å². The number of benzene rings is 1. The quantitative estimate of drug-likeness (QED) is 0.183. The first-order valence-electron chi connectivity index (χ1n) is 15.3. The molecule has 12 heteroatoms. The molecule has 7 rings (SSSR count). The lowest BCUT2D eigenvalue weighted by atomic mass is 9.61. The summed E-state index contributed by atoms with van der Waals surface area (Å²) in [7, 11) is 1.71. The van der Waals surface area contributed by atoms with Crippen molar-refractivity contribution in [3.05, 3.63) is 28.5 Å². The van der Waals surface area contributed by atoms with E-state index in [9.17, 15) is 4.79 Å². The van der Waals surface area contributed by atoms with Crippen LogP contribution in [0.2, 0.25) is 5.02 Å². The van der Waals surface area contributed by atoms with E-state index in [4.69, 9.17) is 26.5 Å². The fourth-order valence-electron chi connectivity index (χ4n) is 7.39. The van der Waals surface area contributed by atoms with Crippen molar-refractivity contribution in [2.75, 3.05) is 44.7 Å². The number of nitrogens with one attached hydrogen (secondary N) is 1. The van der Waals surface area contributed by atoms with Crippen molar-refractivity contribution in [3.8, 4) is 11.1 Å². The Bertz CT molecular complexity index is 1510. The number of fused-ring (bicyclic) bond motifs is 1. The first kappa shape index (κ1) is 31.5. The van der Waals surface area contributed by atoms with E-state index in [-0.39, 0.29) is 16.6 Å². The molecule has 4 aliphatic rings. The maximum atomic E-state index is 11.2. The molecule has 1 aromatic carbocycles. The fourth-order valence-corrected chi connectivity index (χ4v) is 9.17. The van der Waals surface area contributed by atoms with Gasteiger partial charge in [-0.15, -0.1) is 0 Å². The third kappa shape index (κ3) is 5.51. The zero-order valence-electron chi connectivity index (χ0n) is 26.1. The van der Waals surface area contributed by atoms with Gasteiger partial charge >= 0.3 is 0 Å². The Hall–Kier alpha value is -1.46. The summed E-state index contributed by atoms with van der Waals surface area (Å²) in [5.41, 5.74) is 6.11. The molecule has 0 bridgehead atoms. The average molecular weight is 740 g/mol. The molecule has 1 unspecified atom stereocenters. The standard InChI is InChI=1S/C26H32ClIN7OP.C5H12O/c1-16-8-20-19(11-30-35(20)37-28)22(23(16)27)21-17(2)34(18-9-25(10-18)13-32(14-25)15-36)31-24(21)33-7-6-29-12-26(33)4-3-5-26;1-5(2,3)6-4/h8,11,15,18,29,37H,3-7,9-10,12-14H2,1-2H3;1-4H3. The predicted octanol–water partition coefficient (Wildman–Crippen LogP) is 6.52. The van der Waals surface area contributed by atoms with Gasteiger partial charge in [-0.1, -0.05) is 11.6 Å². The molecule has 234 valence electrons. The zero-order chi connectivity index (χ0) is 30.7. The Kier molecular flexibility index (Phi) is 8.59. The normalized spacial score (nSPS) is 21.2. The van der Waals surface area contributed by atoms with Crippen molar-refractivity contribution >= 4 is 63.1 Å². The number of aromatic nitrogens is 4. The molecule has 2 aliphatic heterocycles. The van der Waals surface area contributed by atoms with Crippen LogP contribution in [0.5, 0.6) is 0 Å². The molecule has 1 N–H and O–H groups in total. The Balaban J connectivity index is 0.000000501. The van der Waals surface area contributed by atoms with Crippen LogP contribution >= 0.6 is 40.0 Å². The molecule has 2 spiro atoms. The van der Waals surface area contributed by atoms with Gasteiger partial charge in [0.15, 0.2) is 5.82 Å². The van der Waals surface area contributed by atoms with Crippen LogP contribution in [0.15, 0.2) is 12.3 Å². The lowest BCUT2D eigenvalue weighted by Gasteiger charge is -2.58. The SMILES string of the molecule is COC(C)(C)C.Cc1cc2c(cnn2PI)c(-c2c(N3CCNCC34CCC4)nn(C3CC4(C3)CN(C=O)C4)c2C)c1Cl. The Morgan fingerprint density at radius 1 is 1.21 bits per heavy atom. The van der Waals surface area contributed by atoms with E-state index >= 15 is 0 Å². The van der Waals surface area contributed by atoms with Gasteiger partial charge in [-0.05, 0) is 100 Å². The fraction of sp³-hybridized carbons (Fsp3) is 0.645. The van der Waals surface area contributed by atoms with Gasteiger partial charge in [-0.25, -0.2) is 4.45 Å². The van der Waals surface area contributed by atoms with Crippen LogP contribution in [0.25, 0.3) is 22.0 Å². The van der Waals surface area contributed by atoms with E-state index in [1.54, 1.807) is 7.11 Å². The lowest BCUT2D eigenvalue weighted by molar-refractivity contribution is -0.140. The second-order valence-electron chi connectivity index (χ2n) is 14.0. The van der Waals surface area contributed by atoms with Gasteiger partial charge in [0.2, 0.25) is 6.41 Å². The number of anilines is 1. The van der Waals surface area contributed by atoms with Crippen LogP contribution in [0.1, 0.15) is 70.2 Å². The van der Waals surface area contributed by atoms with Crippen molar-refractivity contribution < 1.29 is 9.53 Å². The Labute approximate surface area is 274 Å². The van der Waals surface area contributed by atoms with Gasteiger partial charge < -0.3 is 19.9 Å². The zero-order valence-corrected chi connectivity index (χ0v) is 30.0. The molecular formula is C31H44ClIN7O2P. The number of ether oxygens (including phenoxy) is 1. The van der Waals surface area contributed by atoms with Crippen LogP contribution in [-0.2, 0) is 9.53 Å². The maximum absolute atomic E-state index is 11.2. The number of carbonyl (C=O) groups is 1.